The monoisotopic (exact) mass is 303 g/mol. The van der Waals surface area contributed by atoms with Crippen molar-refractivity contribution in [1.82, 2.24) is 0 Å². The van der Waals surface area contributed by atoms with Crippen molar-refractivity contribution >= 4 is 23.2 Å². The zero-order chi connectivity index (χ0) is 15.0. The maximum atomic E-state index is 13.0. The smallest absolute Gasteiger partial charge is 0.235 e. The Morgan fingerprint density at radius 2 is 1.86 bits per heavy atom. The molecular weight excluding hydrogens is 289 g/mol. The van der Waals surface area contributed by atoms with E-state index in [1.807, 2.05) is 19.1 Å². The highest BCUT2D eigenvalue weighted by Crippen LogP contribution is 2.49. The molecule has 0 radical (unpaired) electrons. The van der Waals surface area contributed by atoms with E-state index >= 15 is 0 Å². The van der Waals surface area contributed by atoms with E-state index in [1.165, 1.54) is 12.1 Å². The highest BCUT2D eigenvalue weighted by Gasteiger charge is 2.51. The third-order valence-electron chi connectivity index (χ3n) is 4.10. The van der Waals surface area contributed by atoms with Gasteiger partial charge in [0.1, 0.15) is 5.82 Å². The van der Waals surface area contributed by atoms with Crippen LogP contribution in [0.5, 0.6) is 0 Å². The zero-order valence-corrected chi connectivity index (χ0v) is 12.4. The van der Waals surface area contributed by atoms with E-state index < -0.39 is 5.41 Å². The summed E-state index contributed by atoms with van der Waals surface area (Å²) in [6.07, 6.45) is 1.56. The van der Waals surface area contributed by atoms with Crippen molar-refractivity contribution in [2.75, 3.05) is 5.32 Å². The quantitative estimate of drug-likeness (QED) is 0.891. The number of hydrogen-bond donors (Lipinski definition) is 1. The molecule has 0 unspecified atom stereocenters. The van der Waals surface area contributed by atoms with Crippen LogP contribution in [-0.2, 0) is 10.2 Å². The van der Waals surface area contributed by atoms with Crippen LogP contribution in [0, 0.1) is 12.7 Å². The number of carbonyl (C=O) groups is 1. The first kappa shape index (κ1) is 14.1. The summed E-state index contributed by atoms with van der Waals surface area (Å²) in [5, 5.41) is 3.57. The molecular formula is C17H15ClFNO. The molecule has 1 fully saturated rings. The summed E-state index contributed by atoms with van der Waals surface area (Å²) < 4.78 is 13.0. The summed E-state index contributed by atoms with van der Waals surface area (Å²) in [5.74, 6) is -0.347. The first-order valence-electron chi connectivity index (χ1n) is 6.85. The number of benzene rings is 2. The van der Waals surface area contributed by atoms with Crippen molar-refractivity contribution in [2.24, 2.45) is 0 Å². The van der Waals surface area contributed by atoms with Crippen LogP contribution in [0.1, 0.15) is 24.0 Å². The fourth-order valence-corrected chi connectivity index (χ4v) is 2.70. The van der Waals surface area contributed by atoms with Gasteiger partial charge in [0.25, 0.3) is 0 Å². The summed E-state index contributed by atoms with van der Waals surface area (Å²) in [6, 6.07) is 11.6. The predicted molar refractivity (Wildman–Crippen MR) is 82.1 cm³/mol. The van der Waals surface area contributed by atoms with Gasteiger partial charge in [-0.25, -0.2) is 4.39 Å². The average molecular weight is 304 g/mol. The second-order valence-electron chi connectivity index (χ2n) is 5.46. The van der Waals surface area contributed by atoms with Gasteiger partial charge in [-0.15, -0.1) is 0 Å². The number of carbonyl (C=O) groups excluding carboxylic acids is 1. The van der Waals surface area contributed by atoms with Gasteiger partial charge >= 0.3 is 0 Å². The third kappa shape index (κ3) is 2.54. The van der Waals surface area contributed by atoms with Crippen LogP contribution in [0.25, 0.3) is 0 Å². The van der Waals surface area contributed by atoms with Gasteiger partial charge < -0.3 is 5.32 Å². The highest BCUT2D eigenvalue weighted by molar-refractivity contribution is 6.31. The van der Waals surface area contributed by atoms with Crippen molar-refractivity contribution in [1.29, 1.82) is 0 Å². The molecule has 1 N–H and O–H groups in total. The van der Waals surface area contributed by atoms with E-state index in [-0.39, 0.29) is 11.7 Å². The number of hydrogen-bond acceptors (Lipinski definition) is 1. The first-order chi connectivity index (χ1) is 10.0. The van der Waals surface area contributed by atoms with Crippen LogP contribution in [0.2, 0.25) is 5.02 Å². The van der Waals surface area contributed by atoms with Gasteiger partial charge in [-0.3, -0.25) is 4.79 Å². The van der Waals surface area contributed by atoms with Gasteiger partial charge in [0.05, 0.1) is 5.41 Å². The molecule has 1 saturated carbocycles. The number of rotatable bonds is 3. The molecule has 2 nitrogen and oxygen atoms in total. The summed E-state index contributed by atoms with van der Waals surface area (Å²) in [5.41, 5.74) is 1.91. The topological polar surface area (TPSA) is 29.1 Å². The van der Waals surface area contributed by atoms with Gasteiger partial charge in [-0.1, -0.05) is 29.8 Å². The van der Waals surface area contributed by atoms with Gasteiger partial charge in [-0.05, 0) is 55.2 Å². The van der Waals surface area contributed by atoms with Crippen LogP contribution in [0.3, 0.4) is 0 Å². The largest absolute Gasteiger partial charge is 0.325 e. The lowest BCUT2D eigenvalue weighted by molar-refractivity contribution is -0.118. The van der Waals surface area contributed by atoms with Crippen molar-refractivity contribution < 1.29 is 9.18 Å². The van der Waals surface area contributed by atoms with Crippen molar-refractivity contribution in [3.63, 3.8) is 0 Å². The maximum Gasteiger partial charge on any atom is 0.235 e. The molecule has 2 aromatic rings. The highest BCUT2D eigenvalue weighted by atomic mass is 35.5. The van der Waals surface area contributed by atoms with Crippen molar-refractivity contribution in [3.05, 3.63) is 64.4 Å². The molecule has 0 bridgehead atoms. The predicted octanol–water partition coefficient (Wildman–Crippen LogP) is 4.46. The molecule has 21 heavy (non-hydrogen) atoms. The van der Waals surface area contributed by atoms with Crippen LogP contribution in [-0.4, -0.2) is 5.91 Å². The molecule has 1 amide bonds. The second kappa shape index (κ2) is 5.15. The Kier molecular flexibility index (Phi) is 3.46. The molecule has 0 aliphatic heterocycles. The Balaban J connectivity index is 1.85. The number of anilines is 1. The van der Waals surface area contributed by atoms with Gasteiger partial charge in [-0.2, -0.15) is 0 Å². The molecule has 0 spiro atoms. The molecule has 1 aliphatic rings. The van der Waals surface area contributed by atoms with E-state index in [9.17, 15) is 9.18 Å². The van der Waals surface area contributed by atoms with Gasteiger partial charge in [0, 0.05) is 10.7 Å². The Morgan fingerprint density at radius 1 is 1.19 bits per heavy atom. The molecule has 108 valence electrons. The molecule has 0 saturated heterocycles. The fourth-order valence-electron chi connectivity index (χ4n) is 2.53. The fraction of sp³-hybridized carbons (Fsp3) is 0.235. The van der Waals surface area contributed by atoms with Crippen molar-refractivity contribution in [3.8, 4) is 0 Å². The van der Waals surface area contributed by atoms with E-state index in [0.29, 0.717) is 5.02 Å². The van der Waals surface area contributed by atoms with E-state index in [0.717, 1.165) is 29.7 Å². The molecule has 2 aromatic carbocycles. The summed E-state index contributed by atoms with van der Waals surface area (Å²) in [4.78, 5) is 12.6. The van der Waals surface area contributed by atoms with E-state index in [1.54, 1.807) is 18.2 Å². The lowest BCUT2D eigenvalue weighted by atomic mass is 9.94. The Bertz CT molecular complexity index is 692. The Hall–Kier alpha value is -1.87. The van der Waals surface area contributed by atoms with Crippen LogP contribution in [0.4, 0.5) is 10.1 Å². The first-order valence-corrected chi connectivity index (χ1v) is 7.23. The number of amides is 1. The lowest BCUT2D eigenvalue weighted by Crippen LogP contribution is -2.28. The average Bonchev–Trinajstić information content (AvgIpc) is 3.26. The molecule has 0 heterocycles. The molecule has 4 heteroatoms. The van der Waals surface area contributed by atoms with Gasteiger partial charge in [0.2, 0.25) is 5.91 Å². The van der Waals surface area contributed by atoms with Crippen molar-refractivity contribution in [2.45, 2.75) is 25.2 Å². The van der Waals surface area contributed by atoms with E-state index in [4.69, 9.17) is 11.6 Å². The minimum absolute atomic E-state index is 0.0560. The Morgan fingerprint density at radius 3 is 2.48 bits per heavy atom. The normalized spacial score (nSPS) is 15.6. The zero-order valence-electron chi connectivity index (χ0n) is 11.6. The number of halogens is 2. The molecule has 3 rings (SSSR count). The lowest BCUT2D eigenvalue weighted by Gasteiger charge is -2.17. The summed E-state index contributed by atoms with van der Waals surface area (Å²) >= 11 is 6.07. The molecule has 0 atom stereocenters. The van der Waals surface area contributed by atoms with Crippen LogP contribution in [0.15, 0.2) is 42.5 Å². The molecule has 0 aromatic heterocycles. The second-order valence-corrected chi connectivity index (χ2v) is 5.86. The van der Waals surface area contributed by atoms with Gasteiger partial charge in [0.15, 0.2) is 0 Å². The maximum absolute atomic E-state index is 13.0. The third-order valence-corrected chi connectivity index (χ3v) is 4.51. The van der Waals surface area contributed by atoms with Crippen LogP contribution < -0.4 is 5.32 Å². The van der Waals surface area contributed by atoms with E-state index in [2.05, 4.69) is 5.32 Å². The minimum Gasteiger partial charge on any atom is -0.325 e. The minimum atomic E-state index is -0.525. The standard InChI is InChI=1S/C17H15ClFNO/c1-11-14(18)3-2-4-15(11)20-16(21)17(9-10-17)12-5-7-13(19)8-6-12/h2-8H,9-10H2,1H3,(H,20,21). The molecule has 1 aliphatic carbocycles. The Labute approximate surface area is 127 Å². The summed E-state index contributed by atoms with van der Waals surface area (Å²) in [6.45, 7) is 1.87. The SMILES string of the molecule is Cc1c(Cl)cccc1NC(=O)C1(c2ccc(F)cc2)CC1. The number of nitrogens with one attached hydrogen (secondary N) is 1. The summed E-state index contributed by atoms with van der Waals surface area (Å²) in [7, 11) is 0. The van der Waals surface area contributed by atoms with Crippen LogP contribution >= 0.6 is 11.6 Å².